The molecule has 1 aromatic carbocycles. The van der Waals surface area contributed by atoms with Crippen LogP contribution in [0.2, 0.25) is 0 Å². The molecule has 0 bridgehead atoms. The molecule has 0 aromatic heterocycles. The van der Waals surface area contributed by atoms with Crippen molar-refractivity contribution in [3.63, 3.8) is 0 Å². The molecule has 0 spiro atoms. The van der Waals surface area contributed by atoms with Gasteiger partial charge < -0.3 is 10.5 Å². The summed E-state index contributed by atoms with van der Waals surface area (Å²) in [6, 6.07) is 4.64. The maximum Gasteiger partial charge on any atom is 0.247 e. The third-order valence-electron chi connectivity index (χ3n) is 2.88. The largest absolute Gasteiger partial charge is 0.492 e. The Hall–Kier alpha value is -1.53. The molecule has 0 aliphatic heterocycles. The molecular formula is C15H24N2O3S. The predicted octanol–water partition coefficient (Wildman–Crippen LogP) is 2.64. The molecule has 5 nitrogen and oxygen atoms in total. The van der Waals surface area contributed by atoms with Gasteiger partial charge in [-0.3, -0.25) is 0 Å². The van der Waals surface area contributed by atoms with Crippen molar-refractivity contribution in [2.45, 2.75) is 38.1 Å². The summed E-state index contributed by atoms with van der Waals surface area (Å²) < 4.78 is 32.7. The van der Waals surface area contributed by atoms with Gasteiger partial charge in [-0.2, -0.15) is 4.31 Å². The van der Waals surface area contributed by atoms with Crippen LogP contribution >= 0.6 is 0 Å². The van der Waals surface area contributed by atoms with Crippen molar-refractivity contribution < 1.29 is 13.2 Å². The molecule has 0 heterocycles. The molecule has 6 heteroatoms. The Kier molecular flexibility index (Phi) is 5.42. The van der Waals surface area contributed by atoms with Crippen LogP contribution in [-0.2, 0) is 10.0 Å². The zero-order chi connectivity index (χ0) is 16.3. The number of nitrogen functional groups attached to an aromatic ring is 1. The third-order valence-corrected chi connectivity index (χ3v) is 5.03. The lowest BCUT2D eigenvalue weighted by atomic mass is 10.1. The Balaban J connectivity index is 3.47. The monoisotopic (exact) mass is 312 g/mol. The smallest absolute Gasteiger partial charge is 0.247 e. The maximum atomic E-state index is 13.0. The molecule has 0 aliphatic rings. The highest BCUT2D eigenvalue weighted by molar-refractivity contribution is 7.89. The van der Waals surface area contributed by atoms with E-state index in [1.165, 1.54) is 10.4 Å². The van der Waals surface area contributed by atoms with Gasteiger partial charge in [-0.05, 0) is 45.9 Å². The van der Waals surface area contributed by atoms with E-state index in [1.54, 1.807) is 25.1 Å². The standard InChI is InChI=1S/C15H24N2O3S/c1-6-10-17(15(3,4)5)21(18,19)14-11-12(16)8-9-13(14)20-7-2/h6,8-9,11H,1,7,10,16H2,2-5H3. The van der Waals surface area contributed by atoms with Crippen molar-refractivity contribution in [2.24, 2.45) is 0 Å². The quantitative estimate of drug-likeness (QED) is 0.647. The molecule has 0 aliphatic carbocycles. The molecule has 0 fully saturated rings. The molecule has 0 saturated carbocycles. The Morgan fingerprint density at radius 3 is 2.48 bits per heavy atom. The number of rotatable bonds is 6. The maximum absolute atomic E-state index is 13.0. The Morgan fingerprint density at radius 2 is 2.00 bits per heavy atom. The van der Waals surface area contributed by atoms with E-state index in [0.29, 0.717) is 18.0 Å². The average Bonchev–Trinajstić information content (AvgIpc) is 2.36. The minimum absolute atomic E-state index is 0.0844. The van der Waals surface area contributed by atoms with E-state index < -0.39 is 15.6 Å². The second-order valence-electron chi connectivity index (χ2n) is 5.63. The van der Waals surface area contributed by atoms with E-state index in [-0.39, 0.29) is 11.4 Å². The van der Waals surface area contributed by atoms with Crippen LogP contribution in [0, 0.1) is 0 Å². The van der Waals surface area contributed by atoms with Gasteiger partial charge in [0.2, 0.25) is 10.0 Å². The molecule has 1 rings (SSSR count). The summed E-state index contributed by atoms with van der Waals surface area (Å²) in [6.07, 6.45) is 1.56. The van der Waals surface area contributed by atoms with Gasteiger partial charge in [-0.15, -0.1) is 6.58 Å². The number of sulfonamides is 1. The highest BCUT2D eigenvalue weighted by Crippen LogP contribution is 2.32. The first-order chi connectivity index (χ1) is 9.64. The summed E-state index contributed by atoms with van der Waals surface area (Å²) in [5.74, 6) is 0.310. The summed E-state index contributed by atoms with van der Waals surface area (Å²) in [6.45, 7) is 11.5. The van der Waals surface area contributed by atoms with Crippen LogP contribution in [0.25, 0.3) is 0 Å². The van der Waals surface area contributed by atoms with Crippen LogP contribution in [0.4, 0.5) is 5.69 Å². The number of nitrogens with two attached hydrogens (primary N) is 1. The zero-order valence-electron chi connectivity index (χ0n) is 13.1. The number of ether oxygens (including phenoxy) is 1. The molecule has 0 atom stereocenters. The van der Waals surface area contributed by atoms with E-state index >= 15 is 0 Å². The summed E-state index contributed by atoms with van der Waals surface area (Å²) >= 11 is 0. The Labute approximate surface area is 127 Å². The van der Waals surface area contributed by atoms with Gasteiger partial charge in [0, 0.05) is 17.8 Å². The third kappa shape index (κ3) is 3.98. The van der Waals surface area contributed by atoms with Crippen molar-refractivity contribution in [1.82, 2.24) is 4.31 Å². The fraction of sp³-hybridized carbons (Fsp3) is 0.467. The fourth-order valence-corrected chi connectivity index (χ4v) is 3.90. The average molecular weight is 312 g/mol. The Morgan fingerprint density at radius 1 is 1.38 bits per heavy atom. The van der Waals surface area contributed by atoms with Gasteiger partial charge in [0.25, 0.3) is 0 Å². The second kappa shape index (κ2) is 6.49. The van der Waals surface area contributed by atoms with Crippen molar-refractivity contribution in [2.75, 3.05) is 18.9 Å². The van der Waals surface area contributed by atoms with Crippen LogP contribution in [0.15, 0.2) is 35.7 Å². The van der Waals surface area contributed by atoms with Gasteiger partial charge >= 0.3 is 0 Å². The van der Waals surface area contributed by atoms with Crippen LogP contribution in [-0.4, -0.2) is 31.4 Å². The van der Waals surface area contributed by atoms with Gasteiger partial charge in [-0.1, -0.05) is 6.08 Å². The van der Waals surface area contributed by atoms with E-state index in [4.69, 9.17) is 10.5 Å². The number of nitrogens with zero attached hydrogens (tertiary/aromatic N) is 1. The molecule has 0 saturated heterocycles. The van der Waals surface area contributed by atoms with Crippen LogP contribution in [0.3, 0.4) is 0 Å². The summed E-state index contributed by atoms with van der Waals surface area (Å²) in [7, 11) is -3.74. The van der Waals surface area contributed by atoms with E-state index in [2.05, 4.69) is 6.58 Å². The highest BCUT2D eigenvalue weighted by Gasteiger charge is 2.35. The lowest BCUT2D eigenvalue weighted by Crippen LogP contribution is -2.45. The fourth-order valence-electron chi connectivity index (χ4n) is 1.97. The molecular weight excluding hydrogens is 288 g/mol. The normalized spacial score (nSPS) is 12.4. The van der Waals surface area contributed by atoms with Crippen LogP contribution in [0.5, 0.6) is 5.75 Å². The molecule has 0 unspecified atom stereocenters. The van der Waals surface area contributed by atoms with Crippen molar-refractivity contribution in [1.29, 1.82) is 0 Å². The van der Waals surface area contributed by atoms with E-state index in [1.807, 2.05) is 20.8 Å². The van der Waals surface area contributed by atoms with Gasteiger partial charge in [0.15, 0.2) is 0 Å². The van der Waals surface area contributed by atoms with Crippen molar-refractivity contribution in [3.05, 3.63) is 30.9 Å². The van der Waals surface area contributed by atoms with Crippen LogP contribution in [0.1, 0.15) is 27.7 Å². The molecule has 1 aromatic rings. The Bertz CT molecular complexity index is 604. The molecule has 0 radical (unpaired) electrons. The lowest BCUT2D eigenvalue weighted by molar-refractivity contribution is 0.267. The number of benzene rings is 1. The van der Waals surface area contributed by atoms with Gasteiger partial charge in [0.05, 0.1) is 6.61 Å². The second-order valence-corrected chi connectivity index (χ2v) is 7.47. The highest BCUT2D eigenvalue weighted by atomic mass is 32.2. The summed E-state index contributed by atoms with van der Waals surface area (Å²) in [5, 5.41) is 0. The minimum Gasteiger partial charge on any atom is -0.492 e. The summed E-state index contributed by atoms with van der Waals surface area (Å²) in [5.41, 5.74) is 5.54. The van der Waals surface area contributed by atoms with Crippen molar-refractivity contribution in [3.8, 4) is 5.75 Å². The van der Waals surface area contributed by atoms with Gasteiger partial charge in [-0.25, -0.2) is 8.42 Å². The lowest BCUT2D eigenvalue weighted by Gasteiger charge is -2.34. The molecule has 118 valence electrons. The predicted molar refractivity (Wildman–Crippen MR) is 85.9 cm³/mol. The van der Waals surface area contributed by atoms with E-state index in [9.17, 15) is 8.42 Å². The molecule has 21 heavy (non-hydrogen) atoms. The zero-order valence-corrected chi connectivity index (χ0v) is 13.9. The number of hydrogen-bond donors (Lipinski definition) is 1. The minimum atomic E-state index is -3.74. The molecule has 2 N–H and O–H groups in total. The first-order valence-electron chi connectivity index (χ1n) is 6.80. The van der Waals surface area contributed by atoms with E-state index in [0.717, 1.165) is 0 Å². The van der Waals surface area contributed by atoms with Crippen LogP contribution < -0.4 is 10.5 Å². The molecule has 0 amide bonds. The first kappa shape index (κ1) is 17.5. The topological polar surface area (TPSA) is 72.6 Å². The van der Waals surface area contributed by atoms with Crippen molar-refractivity contribution >= 4 is 15.7 Å². The first-order valence-corrected chi connectivity index (χ1v) is 8.24. The number of anilines is 1. The van der Waals surface area contributed by atoms with Gasteiger partial charge in [0.1, 0.15) is 10.6 Å². The number of hydrogen-bond acceptors (Lipinski definition) is 4. The SMILES string of the molecule is C=CCN(C(C)(C)C)S(=O)(=O)c1cc(N)ccc1OCC. The summed E-state index contributed by atoms with van der Waals surface area (Å²) in [4.78, 5) is 0.0844.